The Balaban J connectivity index is 0.000000197. The average Bonchev–Trinajstić information content (AvgIpc) is 3.87. The molecule has 4 aromatic rings. The van der Waals surface area contributed by atoms with Crippen LogP contribution in [0.5, 0.6) is 0 Å². The number of halogens is 1. The average molecular weight is 809 g/mol. The number of allylic oxidation sites excluding steroid dienone is 4. The second-order valence-electron chi connectivity index (χ2n) is 15.9. The summed E-state index contributed by atoms with van der Waals surface area (Å²) in [7, 11) is 0. The van der Waals surface area contributed by atoms with Crippen LogP contribution in [0.15, 0.2) is 112 Å². The van der Waals surface area contributed by atoms with E-state index < -0.39 is 0 Å². The Morgan fingerprint density at radius 3 is 1.64 bits per heavy atom. The predicted octanol–water partition coefficient (Wildman–Crippen LogP) is 5.39. The zero-order valence-electron chi connectivity index (χ0n) is 33.5. The molecule has 308 valence electrons. The standard InChI is InChI=1S/C21H27N7.C20H23N3O.CH6N4.ClH/c1-21-11-10-17(24-26-20(22)23)12-16(21)8-5-9-18(21)19-14-28(27-25-19)13-15-6-3-2-4-7-15;1-20-11-10-17(24)12-16(20)8-5-9-18(20)19-14-23(22-21-19)13-15-6-3-2-4-7-15;2-1(3)5-4;/h2-4,6-7,12,14,18H,5,8-11,13H2,1H3,(H4,22,23,26);2-4,6-7,12,14,18H,5,8-11,13H2,1H3;4H2,(H4,2,3,5);1H/b24-17+;;;/t18-,21+;18-,20+;;/m11../s1. The van der Waals surface area contributed by atoms with Gasteiger partial charge in [-0.2, -0.15) is 5.10 Å². The van der Waals surface area contributed by atoms with Gasteiger partial charge in [-0.3, -0.25) is 4.79 Å². The molecule has 8 rings (SSSR count). The number of carbonyl (C=O) groups is 1. The number of fused-ring (bicyclic) bond motifs is 2. The van der Waals surface area contributed by atoms with Crippen LogP contribution in [0.1, 0.15) is 112 Å². The molecule has 10 N–H and O–H groups in total. The number of hydrogen-bond acceptors (Lipinski definition) is 9. The van der Waals surface area contributed by atoms with Crippen LogP contribution < -0.4 is 28.8 Å². The number of nitrogens with zero attached hydrogens (tertiary/aromatic N) is 9. The lowest BCUT2D eigenvalue weighted by molar-refractivity contribution is -0.116. The lowest BCUT2D eigenvalue weighted by Gasteiger charge is -2.45. The van der Waals surface area contributed by atoms with Crippen LogP contribution in [0, 0.1) is 10.8 Å². The molecule has 4 aliphatic carbocycles. The molecule has 0 unspecified atom stereocenters. The molecule has 2 aromatic carbocycles. The maximum absolute atomic E-state index is 11.8. The monoisotopic (exact) mass is 808 g/mol. The minimum atomic E-state index is -0.0926. The fourth-order valence-electron chi connectivity index (χ4n) is 8.89. The Bertz CT molecular complexity index is 2130. The lowest BCUT2D eigenvalue weighted by atomic mass is 9.59. The van der Waals surface area contributed by atoms with Gasteiger partial charge < -0.3 is 28.8 Å². The molecular weight excluding hydrogens is 752 g/mol. The topological polar surface area (TPSA) is 246 Å². The van der Waals surface area contributed by atoms with Gasteiger partial charge in [-0.25, -0.2) is 9.36 Å². The van der Waals surface area contributed by atoms with Crippen molar-refractivity contribution in [1.29, 1.82) is 0 Å². The van der Waals surface area contributed by atoms with E-state index in [1.54, 1.807) is 0 Å². The molecule has 4 aliphatic rings. The third-order valence-electron chi connectivity index (χ3n) is 12.0. The molecule has 4 atom stereocenters. The molecule has 2 fully saturated rings. The van der Waals surface area contributed by atoms with E-state index in [0.717, 1.165) is 88.0 Å². The van der Waals surface area contributed by atoms with Crippen LogP contribution in [0.3, 0.4) is 0 Å². The summed E-state index contributed by atoms with van der Waals surface area (Å²) in [6.07, 6.45) is 18.5. The minimum absolute atomic E-state index is 0. The lowest BCUT2D eigenvalue weighted by Crippen LogP contribution is -2.35. The molecule has 2 aromatic heterocycles. The first-order chi connectivity index (χ1) is 27.5. The zero-order valence-corrected chi connectivity index (χ0v) is 34.3. The van der Waals surface area contributed by atoms with Gasteiger partial charge >= 0.3 is 0 Å². The van der Waals surface area contributed by atoms with Crippen molar-refractivity contribution in [3.63, 3.8) is 0 Å². The Labute approximate surface area is 346 Å². The van der Waals surface area contributed by atoms with Crippen LogP contribution in [-0.2, 0) is 17.9 Å². The van der Waals surface area contributed by atoms with Crippen LogP contribution in [-0.4, -0.2) is 53.4 Å². The number of hydrogen-bond donors (Lipinski definition) is 5. The van der Waals surface area contributed by atoms with E-state index in [2.05, 4.69) is 110 Å². The minimum Gasteiger partial charge on any atom is -0.369 e. The van der Waals surface area contributed by atoms with Crippen molar-refractivity contribution >= 4 is 35.8 Å². The third-order valence-corrected chi connectivity index (χ3v) is 12.0. The number of carbonyl (C=O) groups excluding carboxylic acids is 1. The van der Waals surface area contributed by atoms with Crippen molar-refractivity contribution in [3.05, 3.63) is 119 Å². The molecule has 0 radical (unpaired) electrons. The van der Waals surface area contributed by atoms with Gasteiger partial charge in [-0.05, 0) is 91.9 Å². The Kier molecular flexibility index (Phi) is 14.6. The maximum atomic E-state index is 11.8. The highest BCUT2D eigenvalue weighted by Gasteiger charge is 2.45. The van der Waals surface area contributed by atoms with Crippen LogP contribution in [0.2, 0.25) is 0 Å². The molecule has 0 amide bonds. The van der Waals surface area contributed by atoms with E-state index in [4.69, 9.17) is 22.9 Å². The maximum Gasteiger partial charge on any atom is 0.211 e. The summed E-state index contributed by atoms with van der Waals surface area (Å²) >= 11 is 0. The van der Waals surface area contributed by atoms with Crippen molar-refractivity contribution in [1.82, 2.24) is 30.0 Å². The highest BCUT2D eigenvalue weighted by atomic mass is 35.5. The molecule has 2 saturated carbocycles. The fraction of sp³-hybridized carbons (Fsp3) is 0.429. The van der Waals surface area contributed by atoms with E-state index in [1.807, 2.05) is 39.7 Å². The van der Waals surface area contributed by atoms with Gasteiger partial charge in [0.15, 0.2) is 5.78 Å². The van der Waals surface area contributed by atoms with Gasteiger partial charge in [0.05, 0.1) is 30.2 Å². The number of nitrogens with two attached hydrogens (primary N) is 5. The van der Waals surface area contributed by atoms with Crippen molar-refractivity contribution < 1.29 is 4.79 Å². The molecule has 0 saturated heterocycles. The Hall–Kier alpha value is -5.83. The van der Waals surface area contributed by atoms with Crippen molar-refractivity contribution in [2.24, 2.45) is 54.9 Å². The van der Waals surface area contributed by atoms with Gasteiger partial charge in [-0.1, -0.05) is 96.1 Å². The number of ketones is 1. The molecule has 16 heteroatoms. The molecule has 58 heavy (non-hydrogen) atoms. The predicted molar refractivity (Wildman–Crippen MR) is 231 cm³/mol. The summed E-state index contributed by atoms with van der Waals surface area (Å²) in [4.78, 5) is 11.8. The normalized spacial score (nSPS) is 24.1. The summed E-state index contributed by atoms with van der Waals surface area (Å²) in [5.41, 5.74) is 28.7. The summed E-state index contributed by atoms with van der Waals surface area (Å²) in [6, 6.07) is 20.7. The smallest absolute Gasteiger partial charge is 0.211 e. The summed E-state index contributed by atoms with van der Waals surface area (Å²) < 4.78 is 3.88. The molecule has 0 spiro atoms. The van der Waals surface area contributed by atoms with Crippen LogP contribution in [0.4, 0.5) is 0 Å². The summed E-state index contributed by atoms with van der Waals surface area (Å²) in [5, 5.41) is 28.7. The number of benzene rings is 2. The van der Waals surface area contributed by atoms with Gasteiger partial charge in [0.1, 0.15) is 0 Å². The van der Waals surface area contributed by atoms with E-state index in [1.165, 1.54) is 22.3 Å². The van der Waals surface area contributed by atoms with Crippen molar-refractivity contribution in [3.8, 4) is 0 Å². The van der Waals surface area contributed by atoms with E-state index in [0.29, 0.717) is 18.3 Å². The van der Waals surface area contributed by atoms with E-state index in [9.17, 15) is 4.79 Å². The Morgan fingerprint density at radius 2 is 1.17 bits per heavy atom. The first kappa shape index (κ1) is 43.3. The third kappa shape index (κ3) is 10.6. The summed E-state index contributed by atoms with van der Waals surface area (Å²) in [6.45, 7) is 6.16. The first-order valence-corrected chi connectivity index (χ1v) is 19.7. The number of hydrazone groups is 1. The highest BCUT2D eigenvalue weighted by Crippen LogP contribution is 2.55. The molecule has 2 heterocycles. The highest BCUT2D eigenvalue weighted by molar-refractivity contribution is 5.97. The molecule has 0 bridgehead atoms. The van der Waals surface area contributed by atoms with Crippen molar-refractivity contribution in [2.45, 2.75) is 103 Å². The molecule has 0 aliphatic heterocycles. The van der Waals surface area contributed by atoms with Crippen LogP contribution >= 0.6 is 12.4 Å². The molecular formula is C42H57ClN14O. The van der Waals surface area contributed by atoms with E-state index >= 15 is 0 Å². The number of rotatable bonds is 7. The first-order valence-electron chi connectivity index (χ1n) is 19.7. The van der Waals surface area contributed by atoms with Gasteiger partial charge in [0.25, 0.3) is 0 Å². The molecule has 15 nitrogen and oxygen atoms in total. The van der Waals surface area contributed by atoms with E-state index in [-0.39, 0.29) is 40.9 Å². The van der Waals surface area contributed by atoms with Crippen molar-refractivity contribution in [2.75, 3.05) is 0 Å². The van der Waals surface area contributed by atoms with Gasteiger partial charge in [0, 0.05) is 30.7 Å². The van der Waals surface area contributed by atoms with Gasteiger partial charge in [-0.15, -0.1) is 32.8 Å². The Morgan fingerprint density at radius 1 is 0.707 bits per heavy atom. The van der Waals surface area contributed by atoms with Crippen LogP contribution in [0.25, 0.3) is 0 Å². The van der Waals surface area contributed by atoms with Gasteiger partial charge in [0.2, 0.25) is 11.9 Å². The fourth-order valence-corrected chi connectivity index (χ4v) is 8.89. The zero-order chi connectivity index (χ0) is 40.4. The summed E-state index contributed by atoms with van der Waals surface area (Å²) in [5.74, 6) is 5.45. The second kappa shape index (κ2) is 19.5. The SMILES string of the molecule is C[C@]12CC/C(=N\N=C(N)N)C=C1CCC[C@@H]2c1cn(Cc2ccccc2)nn1.C[C@]12CCC(=O)C=C1CCC[C@@H]2c1cn(Cc2ccccc2)nn1.Cl.NN=C(N)N. The number of guanidine groups is 2. The largest absolute Gasteiger partial charge is 0.369 e. The number of aromatic nitrogens is 6. The second-order valence-corrected chi connectivity index (χ2v) is 15.9. The quantitative estimate of drug-likeness (QED) is 0.0689.